The van der Waals surface area contributed by atoms with Crippen molar-refractivity contribution in [2.24, 2.45) is 0 Å². The maximum Gasteiger partial charge on any atom is 0.141 e. The predicted octanol–water partition coefficient (Wildman–Crippen LogP) is 3.69. The lowest BCUT2D eigenvalue weighted by molar-refractivity contribution is 0.235. The molecule has 1 nitrogen and oxygen atoms in total. The molecule has 2 rings (SSSR count). The van der Waals surface area contributed by atoms with Crippen LogP contribution >= 0.6 is 0 Å². The van der Waals surface area contributed by atoms with Crippen molar-refractivity contribution in [2.45, 2.75) is 37.8 Å². The van der Waals surface area contributed by atoms with Crippen molar-refractivity contribution in [1.82, 2.24) is 0 Å². The van der Waals surface area contributed by atoms with Crippen LogP contribution in [0.2, 0.25) is 0 Å². The largest absolute Gasteiger partial charge is 0.247 e. The molecule has 0 unspecified atom stereocenters. The van der Waals surface area contributed by atoms with Crippen molar-refractivity contribution >= 4 is 0 Å². The van der Waals surface area contributed by atoms with Gasteiger partial charge in [-0.15, -0.1) is 0 Å². The van der Waals surface area contributed by atoms with Crippen molar-refractivity contribution in [3.63, 3.8) is 0 Å². The summed E-state index contributed by atoms with van der Waals surface area (Å²) in [4.78, 5) is 0. The first-order chi connectivity index (χ1) is 7.70. The van der Waals surface area contributed by atoms with Gasteiger partial charge in [0.1, 0.15) is 18.1 Å². The first-order valence-electron chi connectivity index (χ1n) is 5.54. The molecule has 0 bridgehead atoms. The van der Waals surface area contributed by atoms with Crippen LogP contribution in [-0.4, -0.2) is 6.17 Å². The molecule has 0 amide bonds. The number of nitriles is 1. The molecular formula is C13H13F2N. The fourth-order valence-corrected chi connectivity index (χ4v) is 2.26. The van der Waals surface area contributed by atoms with Crippen LogP contribution in [0.5, 0.6) is 0 Å². The Balaban J connectivity index is 2.16. The molecule has 1 aromatic rings. The Labute approximate surface area is 93.7 Å². The molecule has 1 aliphatic carbocycles. The second-order valence-corrected chi connectivity index (χ2v) is 4.30. The first kappa shape index (κ1) is 11.1. The van der Waals surface area contributed by atoms with Crippen LogP contribution in [0.1, 0.15) is 42.7 Å². The summed E-state index contributed by atoms with van der Waals surface area (Å²) in [5.74, 6) is -0.225. The predicted molar refractivity (Wildman–Crippen MR) is 57.2 cm³/mol. The molecule has 0 N–H and O–H groups in total. The van der Waals surface area contributed by atoms with Gasteiger partial charge in [0.2, 0.25) is 0 Å². The molecule has 0 atom stereocenters. The highest BCUT2D eigenvalue weighted by molar-refractivity contribution is 5.34. The van der Waals surface area contributed by atoms with Gasteiger partial charge in [-0.05, 0) is 49.3 Å². The zero-order chi connectivity index (χ0) is 11.5. The number of rotatable bonds is 1. The summed E-state index contributed by atoms with van der Waals surface area (Å²) in [6.07, 6.45) is 1.97. The van der Waals surface area contributed by atoms with E-state index in [1.165, 1.54) is 12.1 Å². The summed E-state index contributed by atoms with van der Waals surface area (Å²) in [5.41, 5.74) is 0.964. The lowest BCUT2D eigenvalue weighted by Gasteiger charge is -2.24. The van der Waals surface area contributed by atoms with Crippen molar-refractivity contribution in [3.8, 4) is 6.07 Å². The summed E-state index contributed by atoms with van der Waals surface area (Å²) >= 11 is 0. The SMILES string of the molecule is N#Cc1ccc(C2CCC(F)CC2)cc1F. The van der Waals surface area contributed by atoms with Crippen LogP contribution in [0.4, 0.5) is 8.78 Å². The van der Waals surface area contributed by atoms with E-state index in [4.69, 9.17) is 5.26 Å². The summed E-state index contributed by atoms with van der Waals surface area (Å²) in [6.45, 7) is 0. The molecule has 0 radical (unpaired) electrons. The van der Waals surface area contributed by atoms with E-state index in [1.807, 2.05) is 0 Å². The van der Waals surface area contributed by atoms with E-state index in [0.717, 1.165) is 18.4 Å². The molecule has 84 valence electrons. The Hall–Kier alpha value is -1.43. The Bertz CT molecular complexity index is 414. The van der Waals surface area contributed by atoms with Gasteiger partial charge in [0.15, 0.2) is 0 Å². The number of nitrogens with zero attached hydrogens (tertiary/aromatic N) is 1. The maximum atomic E-state index is 13.4. The molecule has 0 saturated heterocycles. The van der Waals surface area contributed by atoms with Gasteiger partial charge in [-0.25, -0.2) is 8.78 Å². The monoisotopic (exact) mass is 221 g/mol. The van der Waals surface area contributed by atoms with Crippen LogP contribution in [0.15, 0.2) is 18.2 Å². The average molecular weight is 221 g/mol. The minimum atomic E-state index is -0.695. The summed E-state index contributed by atoms with van der Waals surface area (Å²) in [5, 5.41) is 8.61. The molecule has 16 heavy (non-hydrogen) atoms. The van der Waals surface area contributed by atoms with Gasteiger partial charge in [-0.2, -0.15) is 5.26 Å². The molecule has 0 spiro atoms. The van der Waals surface area contributed by atoms with E-state index in [2.05, 4.69) is 0 Å². The topological polar surface area (TPSA) is 23.8 Å². The highest BCUT2D eigenvalue weighted by Crippen LogP contribution is 2.34. The maximum absolute atomic E-state index is 13.4. The van der Waals surface area contributed by atoms with Crippen molar-refractivity contribution < 1.29 is 8.78 Å². The van der Waals surface area contributed by atoms with Gasteiger partial charge < -0.3 is 0 Å². The third-order valence-corrected chi connectivity index (χ3v) is 3.24. The van der Waals surface area contributed by atoms with Gasteiger partial charge in [0.05, 0.1) is 5.56 Å². The fourth-order valence-electron chi connectivity index (χ4n) is 2.26. The van der Waals surface area contributed by atoms with Crippen LogP contribution in [0.3, 0.4) is 0 Å². The van der Waals surface area contributed by atoms with Gasteiger partial charge in [-0.1, -0.05) is 6.07 Å². The van der Waals surface area contributed by atoms with E-state index >= 15 is 0 Å². The Morgan fingerprint density at radius 2 is 1.88 bits per heavy atom. The number of hydrogen-bond acceptors (Lipinski definition) is 1. The number of halogens is 2. The molecule has 0 aliphatic heterocycles. The molecule has 1 fully saturated rings. The minimum absolute atomic E-state index is 0.0722. The van der Waals surface area contributed by atoms with Crippen LogP contribution in [0.25, 0.3) is 0 Å². The van der Waals surface area contributed by atoms with E-state index in [-0.39, 0.29) is 11.5 Å². The molecule has 1 aromatic carbocycles. The smallest absolute Gasteiger partial charge is 0.141 e. The Morgan fingerprint density at radius 3 is 2.44 bits per heavy atom. The quantitative estimate of drug-likeness (QED) is 0.709. The second kappa shape index (κ2) is 4.61. The van der Waals surface area contributed by atoms with Gasteiger partial charge in [-0.3, -0.25) is 0 Å². The normalized spacial score (nSPS) is 25.1. The van der Waals surface area contributed by atoms with Crippen molar-refractivity contribution in [3.05, 3.63) is 35.1 Å². The van der Waals surface area contributed by atoms with E-state index < -0.39 is 12.0 Å². The number of hydrogen-bond donors (Lipinski definition) is 0. The number of alkyl halides is 1. The Kier molecular flexibility index (Phi) is 3.19. The zero-order valence-electron chi connectivity index (χ0n) is 8.92. The molecular weight excluding hydrogens is 208 g/mol. The second-order valence-electron chi connectivity index (χ2n) is 4.30. The molecule has 3 heteroatoms. The zero-order valence-corrected chi connectivity index (χ0v) is 8.92. The summed E-state index contributed by atoms with van der Waals surface area (Å²) in [7, 11) is 0. The highest BCUT2D eigenvalue weighted by Gasteiger charge is 2.22. The van der Waals surface area contributed by atoms with Crippen molar-refractivity contribution in [2.75, 3.05) is 0 Å². The lowest BCUT2D eigenvalue weighted by atomic mass is 9.83. The molecule has 0 heterocycles. The van der Waals surface area contributed by atoms with E-state index in [9.17, 15) is 8.78 Å². The summed E-state index contributed by atoms with van der Waals surface area (Å²) in [6, 6.07) is 6.50. The molecule has 0 aromatic heterocycles. The van der Waals surface area contributed by atoms with Crippen LogP contribution in [-0.2, 0) is 0 Å². The summed E-state index contributed by atoms with van der Waals surface area (Å²) < 4.78 is 26.3. The van der Waals surface area contributed by atoms with Crippen molar-refractivity contribution in [1.29, 1.82) is 5.26 Å². The average Bonchev–Trinajstić information content (AvgIpc) is 2.30. The minimum Gasteiger partial charge on any atom is -0.247 e. The van der Waals surface area contributed by atoms with Crippen LogP contribution < -0.4 is 0 Å². The van der Waals surface area contributed by atoms with E-state index in [0.29, 0.717) is 12.8 Å². The number of benzene rings is 1. The molecule has 1 saturated carbocycles. The van der Waals surface area contributed by atoms with Gasteiger partial charge in [0, 0.05) is 0 Å². The van der Waals surface area contributed by atoms with Gasteiger partial charge in [0.25, 0.3) is 0 Å². The molecule has 1 aliphatic rings. The fraction of sp³-hybridized carbons (Fsp3) is 0.462. The lowest BCUT2D eigenvalue weighted by Crippen LogP contribution is -2.13. The van der Waals surface area contributed by atoms with Crippen LogP contribution in [0, 0.1) is 17.1 Å². The first-order valence-corrected chi connectivity index (χ1v) is 5.54. The van der Waals surface area contributed by atoms with Gasteiger partial charge >= 0.3 is 0 Å². The highest BCUT2D eigenvalue weighted by atomic mass is 19.1. The standard InChI is InChI=1S/C13H13F2N/c14-12-5-3-9(4-6-12)10-1-2-11(8-16)13(15)7-10/h1-2,7,9,12H,3-6H2. The van der Waals surface area contributed by atoms with E-state index in [1.54, 1.807) is 12.1 Å². The third-order valence-electron chi connectivity index (χ3n) is 3.24. The Morgan fingerprint density at radius 1 is 1.19 bits per heavy atom. The third kappa shape index (κ3) is 2.21.